The second-order valence-electron chi connectivity index (χ2n) is 4.92. The second kappa shape index (κ2) is 6.48. The lowest BCUT2D eigenvalue weighted by Gasteiger charge is -2.24. The Morgan fingerprint density at radius 2 is 2.16 bits per heavy atom. The molecule has 3 nitrogen and oxygen atoms in total. The number of hydrogen-bond donors (Lipinski definition) is 1. The van der Waals surface area contributed by atoms with Gasteiger partial charge in [-0.2, -0.15) is 0 Å². The highest BCUT2D eigenvalue weighted by Crippen LogP contribution is 2.20. The minimum atomic E-state index is -1.06. The second-order valence-corrected chi connectivity index (χ2v) is 4.92. The van der Waals surface area contributed by atoms with Gasteiger partial charge >= 0.3 is 5.97 Å². The zero-order valence-electron chi connectivity index (χ0n) is 11.4. The number of rotatable bonds is 6. The van der Waals surface area contributed by atoms with E-state index in [0.717, 1.165) is 18.1 Å². The summed E-state index contributed by atoms with van der Waals surface area (Å²) in [7, 11) is 0. The van der Waals surface area contributed by atoms with Crippen LogP contribution in [0.3, 0.4) is 0 Å². The van der Waals surface area contributed by atoms with Gasteiger partial charge in [0.25, 0.3) is 0 Å². The predicted molar refractivity (Wildman–Crippen MR) is 72.2 cm³/mol. The fourth-order valence-electron chi connectivity index (χ4n) is 1.39. The summed E-state index contributed by atoms with van der Waals surface area (Å²) in [5.74, 6) is -1.46. The quantitative estimate of drug-likeness (QED) is 0.800. The third kappa shape index (κ3) is 5.22. The number of carboxylic acid groups (broad SMARTS) is 1. The molecule has 1 aromatic rings. The number of ether oxygens (including phenoxy) is 1. The highest BCUT2D eigenvalue weighted by Gasteiger charge is 2.16. The van der Waals surface area contributed by atoms with E-state index < -0.39 is 11.8 Å². The normalized spacial score (nSPS) is 12.0. The van der Waals surface area contributed by atoms with E-state index in [-0.39, 0.29) is 5.60 Å². The molecule has 0 bridgehead atoms. The molecule has 104 valence electrons. The summed E-state index contributed by atoms with van der Waals surface area (Å²) in [5.41, 5.74) is 1.03. The van der Waals surface area contributed by atoms with Gasteiger partial charge in [0.1, 0.15) is 5.82 Å². The smallest absolute Gasteiger partial charge is 0.328 e. The van der Waals surface area contributed by atoms with Gasteiger partial charge in [0.15, 0.2) is 0 Å². The van der Waals surface area contributed by atoms with Crippen molar-refractivity contribution in [3.05, 3.63) is 41.2 Å². The number of halogens is 1. The fourth-order valence-corrected chi connectivity index (χ4v) is 1.39. The summed E-state index contributed by atoms with van der Waals surface area (Å²) in [6.07, 6.45) is 3.22. The van der Waals surface area contributed by atoms with Gasteiger partial charge in [-0.05, 0) is 49.6 Å². The maximum atomic E-state index is 13.2. The number of carboxylic acids is 1. The zero-order valence-corrected chi connectivity index (χ0v) is 11.4. The molecule has 19 heavy (non-hydrogen) atoms. The lowest BCUT2D eigenvalue weighted by molar-refractivity contribution is -0.131. The zero-order chi connectivity index (χ0) is 14.5. The van der Waals surface area contributed by atoms with Gasteiger partial charge in [-0.15, -0.1) is 0 Å². The van der Waals surface area contributed by atoms with E-state index in [2.05, 4.69) is 0 Å². The van der Waals surface area contributed by atoms with E-state index in [0.29, 0.717) is 12.2 Å². The molecule has 0 spiro atoms. The van der Waals surface area contributed by atoms with Gasteiger partial charge < -0.3 is 9.84 Å². The maximum Gasteiger partial charge on any atom is 0.328 e. The molecule has 0 atom stereocenters. The maximum absolute atomic E-state index is 13.2. The lowest BCUT2D eigenvalue weighted by atomic mass is 10.0. The van der Waals surface area contributed by atoms with E-state index in [9.17, 15) is 9.18 Å². The standard InChI is InChI=1S/C15H19FO3/c1-4-15(2,3)19-10-12-5-7-13(16)9-11(12)6-8-14(17)18/h5-9H,4,10H2,1-3H3,(H,17,18)/b8-6+. The molecule has 1 aromatic carbocycles. The minimum absolute atomic E-state index is 0.262. The average molecular weight is 266 g/mol. The van der Waals surface area contributed by atoms with E-state index in [4.69, 9.17) is 9.84 Å². The van der Waals surface area contributed by atoms with Crippen molar-refractivity contribution < 1.29 is 19.0 Å². The van der Waals surface area contributed by atoms with Crippen LogP contribution in [-0.4, -0.2) is 16.7 Å². The van der Waals surface area contributed by atoms with E-state index in [1.807, 2.05) is 20.8 Å². The van der Waals surface area contributed by atoms with Crippen LogP contribution in [0.5, 0.6) is 0 Å². The molecule has 0 saturated heterocycles. The minimum Gasteiger partial charge on any atom is -0.478 e. The summed E-state index contributed by atoms with van der Waals surface area (Å²) >= 11 is 0. The summed E-state index contributed by atoms with van der Waals surface area (Å²) < 4.78 is 18.9. The monoisotopic (exact) mass is 266 g/mol. The Morgan fingerprint density at radius 3 is 2.74 bits per heavy atom. The van der Waals surface area contributed by atoms with Crippen molar-refractivity contribution >= 4 is 12.0 Å². The molecular weight excluding hydrogens is 247 g/mol. The number of aliphatic carboxylic acids is 1. The molecule has 0 aliphatic carbocycles. The Balaban J connectivity index is 2.91. The van der Waals surface area contributed by atoms with E-state index in [1.165, 1.54) is 18.2 Å². The molecule has 0 fully saturated rings. The van der Waals surface area contributed by atoms with Crippen LogP contribution in [0.2, 0.25) is 0 Å². The SMILES string of the molecule is CCC(C)(C)OCc1ccc(F)cc1/C=C/C(=O)O. The van der Waals surface area contributed by atoms with Crippen molar-refractivity contribution in [2.45, 2.75) is 39.4 Å². The highest BCUT2D eigenvalue weighted by molar-refractivity contribution is 5.85. The van der Waals surface area contributed by atoms with Crippen LogP contribution in [-0.2, 0) is 16.1 Å². The van der Waals surface area contributed by atoms with Gasteiger partial charge in [-0.3, -0.25) is 0 Å². The Hall–Kier alpha value is -1.68. The fraction of sp³-hybridized carbons (Fsp3) is 0.400. The summed E-state index contributed by atoms with van der Waals surface area (Å²) in [6.45, 7) is 6.29. The Morgan fingerprint density at radius 1 is 1.47 bits per heavy atom. The van der Waals surface area contributed by atoms with Crippen molar-refractivity contribution in [1.82, 2.24) is 0 Å². The molecular formula is C15H19FO3. The first kappa shape index (κ1) is 15.4. The Bertz CT molecular complexity index is 478. The molecule has 0 radical (unpaired) electrons. The first-order valence-electron chi connectivity index (χ1n) is 6.17. The van der Waals surface area contributed by atoms with E-state index >= 15 is 0 Å². The summed E-state index contributed by atoms with van der Waals surface area (Å²) in [4.78, 5) is 10.5. The van der Waals surface area contributed by atoms with E-state index in [1.54, 1.807) is 6.07 Å². The number of hydrogen-bond acceptors (Lipinski definition) is 2. The van der Waals surface area contributed by atoms with Crippen LogP contribution < -0.4 is 0 Å². The van der Waals surface area contributed by atoms with Gasteiger partial charge in [0.05, 0.1) is 12.2 Å². The first-order valence-corrected chi connectivity index (χ1v) is 6.17. The van der Waals surface area contributed by atoms with Crippen LogP contribution in [0, 0.1) is 5.82 Å². The largest absolute Gasteiger partial charge is 0.478 e. The van der Waals surface area contributed by atoms with Crippen molar-refractivity contribution in [2.75, 3.05) is 0 Å². The predicted octanol–water partition coefficient (Wildman–Crippen LogP) is 3.63. The number of carbonyl (C=O) groups is 1. The Labute approximate surface area is 112 Å². The molecule has 1 rings (SSSR count). The topological polar surface area (TPSA) is 46.5 Å². The van der Waals surface area contributed by atoms with Crippen LogP contribution in [0.25, 0.3) is 6.08 Å². The molecule has 0 aromatic heterocycles. The van der Waals surface area contributed by atoms with Crippen LogP contribution in [0.4, 0.5) is 4.39 Å². The molecule has 0 aliphatic heterocycles. The summed E-state index contributed by atoms with van der Waals surface area (Å²) in [5, 5.41) is 8.62. The average Bonchev–Trinajstić information content (AvgIpc) is 2.35. The number of benzene rings is 1. The molecule has 0 amide bonds. The molecule has 0 aliphatic rings. The highest BCUT2D eigenvalue weighted by atomic mass is 19.1. The molecule has 0 heterocycles. The molecule has 1 N–H and O–H groups in total. The van der Waals surface area contributed by atoms with Crippen molar-refractivity contribution in [2.24, 2.45) is 0 Å². The van der Waals surface area contributed by atoms with Gasteiger partial charge in [0, 0.05) is 6.08 Å². The van der Waals surface area contributed by atoms with Crippen LogP contribution in [0.15, 0.2) is 24.3 Å². The van der Waals surface area contributed by atoms with Crippen LogP contribution in [0.1, 0.15) is 38.3 Å². The van der Waals surface area contributed by atoms with Crippen molar-refractivity contribution in [3.63, 3.8) is 0 Å². The Kier molecular flexibility index (Phi) is 5.24. The first-order chi connectivity index (χ1) is 8.84. The van der Waals surface area contributed by atoms with Gasteiger partial charge in [-0.25, -0.2) is 9.18 Å². The van der Waals surface area contributed by atoms with Crippen molar-refractivity contribution in [3.8, 4) is 0 Å². The molecule has 0 unspecified atom stereocenters. The summed E-state index contributed by atoms with van der Waals surface area (Å²) in [6, 6.07) is 4.26. The lowest BCUT2D eigenvalue weighted by Crippen LogP contribution is -2.22. The van der Waals surface area contributed by atoms with Gasteiger partial charge in [-0.1, -0.05) is 13.0 Å². The van der Waals surface area contributed by atoms with Crippen molar-refractivity contribution in [1.29, 1.82) is 0 Å². The third-order valence-electron chi connectivity index (χ3n) is 2.98. The van der Waals surface area contributed by atoms with Crippen LogP contribution >= 0.6 is 0 Å². The molecule has 0 saturated carbocycles. The molecule has 4 heteroatoms. The van der Waals surface area contributed by atoms with Gasteiger partial charge in [0.2, 0.25) is 0 Å². The third-order valence-corrected chi connectivity index (χ3v) is 2.98.